The number of benzene rings is 1. The van der Waals surface area contributed by atoms with E-state index in [4.69, 9.17) is 21.7 Å². The predicted molar refractivity (Wildman–Crippen MR) is 63.1 cm³/mol. The topological polar surface area (TPSA) is 81.2 Å². The van der Waals surface area contributed by atoms with Gasteiger partial charge in [0.15, 0.2) is 0 Å². The second-order valence-electron chi connectivity index (χ2n) is 2.78. The molecule has 0 saturated carbocycles. The molecule has 0 radical (unpaired) electrons. The predicted octanol–water partition coefficient (Wildman–Crippen LogP) is 1.51. The van der Waals surface area contributed by atoms with E-state index in [1.54, 1.807) is 36.4 Å². The highest BCUT2D eigenvalue weighted by Gasteiger charge is 2.01. The number of rotatable bonds is 4. The molecule has 0 aromatic heterocycles. The van der Waals surface area contributed by atoms with Crippen LogP contribution in [0.15, 0.2) is 29.4 Å². The molecule has 0 amide bonds. The molecule has 0 aliphatic rings. The Balaban J connectivity index is 2.85. The van der Waals surface area contributed by atoms with Crippen LogP contribution in [0, 0.1) is 35.0 Å². The maximum Gasteiger partial charge on any atom is 0.237 e. The third kappa shape index (κ3) is 3.58. The van der Waals surface area contributed by atoms with Gasteiger partial charge in [0.25, 0.3) is 0 Å². The van der Waals surface area contributed by atoms with E-state index in [9.17, 15) is 0 Å². The Labute approximate surface area is 98.9 Å². The summed E-state index contributed by atoms with van der Waals surface area (Å²) in [7, 11) is 0. The Morgan fingerprint density at radius 1 is 1.35 bits per heavy atom. The van der Waals surface area contributed by atoms with Gasteiger partial charge in [0.1, 0.15) is 24.5 Å². The molecule has 5 heteroatoms. The van der Waals surface area contributed by atoms with Crippen molar-refractivity contribution in [1.82, 2.24) is 0 Å². The Morgan fingerprint density at radius 3 is 2.71 bits per heavy atom. The average Bonchev–Trinajstić information content (AvgIpc) is 2.38. The molecule has 0 saturated heterocycles. The van der Waals surface area contributed by atoms with Gasteiger partial charge >= 0.3 is 0 Å². The Morgan fingerprint density at radius 2 is 2.06 bits per heavy atom. The van der Waals surface area contributed by atoms with E-state index < -0.39 is 0 Å². The van der Waals surface area contributed by atoms with E-state index in [0.717, 1.165) is 0 Å². The van der Waals surface area contributed by atoms with Gasteiger partial charge in [-0.25, -0.2) is 0 Å². The zero-order valence-corrected chi connectivity index (χ0v) is 8.84. The van der Waals surface area contributed by atoms with E-state index in [1.165, 1.54) is 0 Å². The van der Waals surface area contributed by atoms with Crippen LogP contribution >= 0.6 is 0 Å². The standard InChI is InChI=1S/C12H8N4O/c1-2-7-17-12-6-4-3-5-11(12)16-15-10(8-13)9-14/h1,3-6,16H,7H2. The van der Waals surface area contributed by atoms with Crippen molar-refractivity contribution in [2.24, 2.45) is 5.10 Å². The molecule has 0 atom stereocenters. The van der Waals surface area contributed by atoms with Crippen molar-refractivity contribution in [3.05, 3.63) is 24.3 Å². The van der Waals surface area contributed by atoms with E-state index in [1.807, 2.05) is 0 Å². The van der Waals surface area contributed by atoms with E-state index in [0.29, 0.717) is 11.4 Å². The number of nitrogens with one attached hydrogen (secondary N) is 1. The molecular weight excluding hydrogens is 216 g/mol. The molecule has 0 aliphatic carbocycles. The zero-order chi connectivity index (χ0) is 12.5. The van der Waals surface area contributed by atoms with Crippen LogP contribution in [0.25, 0.3) is 0 Å². The van der Waals surface area contributed by atoms with Crippen LogP contribution in [-0.4, -0.2) is 12.3 Å². The molecule has 5 nitrogen and oxygen atoms in total. The number of nitriles is 2. The van der Waals surface area contributed by atoms with E-state index >= 15 is 0 Å². The van der Waals surface area contributed by atoms with E-state index in [-0.39, 0.29) is 12.3 Å². The molecule has 17 heavy (non-hydrogen) atoms. The monoisotopic (exact) mass is 224 g/mol. The van der Waals surface area contributed by atoms with Crippen molar-refractivity contribution in [2.75, 3.05) is 12.0 Å². The molecule has 0 unspecified atom stereocenters. The second-order valence-corrected chi connectivity index (χ2v) is 2.78. The summed E-state index contributed by atoms with van der Waals surface area (Å²) in [6, 6.07) is 10.2. The summed E-state index contributed by atoms with van der Waals surface area (Å²) >= 11 is 0. The number of hydrazone groups is 1. The molecule has 1 rings (SSSR count). The zero-order valence-electron chi connectivity index (χ0n) is 8.84. The van der Waals surface area contributed by atoms with Gasteiger partial charge in [-0.3, -0.25) is 5.43 Å². The van der Waals surface area contributed by atoms with Crippen molar-refractivity contribution in [3.63, 3.8) is 0 Å². The molecule has 1 aromatic rings. The largest absolute Gasteiger partial charge is 0.479 e. The van der Waals surface area contributed by atoms with Gasteiger partial charge in [-0.05, 0) is 12.1 Å². The Bertz CT molecular complexity index is 527. The van der Waals surface area contributed by atoms with Crippen LogP contribution in [0.2, 0.25) is 0 Å². The molecule has 0 bridgehead atoms. The number of hydrogen-bond donors (Lipinski definition) is 1. The highest BCUT2D eigenvalue weighted by molar-refractivity contribution is 6.10. The van der Waals surface area contributed by atoms with Gasteiger partial charge < -0.3 is 4.74 Å². The highest BCUT2D eigenvalue weighted by Crippen LogP contribution is 2.23. The Kier molecular flexibility index (Phi) is 4.63. The fraction of sp³-hybridized carbons (Fsp3) is 0.0833. The minimum atomic E-state index is -0.267. The number of ether oxygens (including phenoxy) is 1. The van der Waals surface area contributed by atoms with Gasteiger partial charge in [-0.2, -0.15) is 15.6 Å². The van der Waals surface area contributed by atoms with Crippen LogP contribution in [-0.2, 0) is 0 Å². The van der Waals surface area contributed by atoms with Gasteiger partial charge in [0, 0.05) is 0 Å². The van der Waals surface area contributed by atoms with Crippen LogP contribution in [0.3, 0.4) is 0 Å². The molecular formula is C12H8N4O. The second kappa shape index (κ2) is 6.50. The number of terminal acetylenes is 1. The number of anilines is 1. The average molecular weight is 224 g/mol. The first-order valence-electron chi connectivity index (χ1n) is 4.61. The summed E-state index contributed by atoms with van der Waals surface area (Å²) in [5, 5.41) is 20.6. The van der Waals surface area contributed by atoms with E-state index in [2.05, 4.69) is 16.4 Å². The third-order valence-electron chi connectivity index (χ3n) is 1.70. The molecule has 0 aliphatic heterocycles. The summed E-state index contributed by atoms with van der Waals surface area (Å²) in [5.41, 5.74) is 2.84. The van der Waals surface area contributed by atoms with Crippen molar-refractivity contribution in [3.8, 4) is 30.2 Å². The fourth-order valence-electron chi connectivity index (χ4n) is 0.995. The number of nitrogens with zero attached hydrogens (tertiary/aromatic N) is 3. The lowest BCUT2D eigenvalue weighted by molar-refractivity contribution is 0.372. The molecule has 0 spiro atoms. The van der Waals surface area contributed by atoms with Crippen LogP contribution in [0.4, 0.5) is 5.69 Å². The minimum Gasteiger partial charge on any atom is -0.479 e. The third-order valence-corrected chi connectivity index (χ3v) is 1.70. The van der Waals surface area contributed by atoms with Gasteiger partial charge in [-0.15, -0.1) is 6.42 Å². The molecule has 1 N–H and O–H groups in total. The lowest BCUT2D eigenvalue weighted by atomic mass is 10.3. The first-order valence-corrected chi connectivity index (χ1v) is 4.61. The molecule has 0 fully saturated rings. The lowest BCUT2D eigenvalue weighted by Gasteiger charge is -2.07. The molecule has 1 aromatic carbocycles. The molecule has 82 valence electrons. The summed E-state index contributed by atoms with van der Waals surface area (Å²) < 4.78 is 5.25. The first-order chi connectivity index (χ1) is 8.31. The van der Waals surface area contributed by atoms with Crippen LogP contribution < -0.4 is 10.2 Å². The highest BCUT2D eigenvalue weighted by atomic mass is 16.5. The van der Waals surface area contributed by atoms with Crippen molar-refractivity contribution in [1.29, 1.82) is 10.5 Å². The maximum atomic E-state index is 8.51. The Hall–Kier alpha value is -2.97. The lowest BCUT2D eigenvalue weighted by Crippen LogP contribution is -2.00. The van der Waals surface area contributed by atoms with Gasteiger partial charge in [-0.1, -0.05) is 18.1 Å². The SMILES string of the molecule is C#CCOc1ccccc1NN=C(C#N)C#N. The number of para-hydroxylation sites is 2. The fourth-order valence-corrected chi connectivity index (χ4v) is 0.995. The van der Waals surface area contributed by atoms with Crippen LogP contribution in [0.5, 0.6) is 5.75 Å². The van der Waals surface area contributed by atoms with Crippen molar-refractivity contribution in [2.45, 2.75) is 0 Å². The molecule has 0 heterocycles. The summed E-state index contributed by atoms with van der Waals surface area (Å²) in [6.07, 6.45) is 5.08. The first kappa shape index (κ1) is 12.1. The smallest absolute Gasteiger partial charge is 0.237 e. The van der Waals surface area contributed by atoms with Gasteiger partial charge in [0.2, 0.25) is 5.71 Å². The summed E-state index contributed by atoms with van der Waals surface area (Å²) in [4.78, 5) is 0. The maximum absolute atomic E-state index is 8.51. The number of hydrogen-bond acceptors (Lipinski definition) is 5. The van der Waals surface area contributed by atoms with Crippen molar-refractivity contribution >= 4 is 11.4 Å². The normalized spacial score (nSPS) is 8.06. The van der Waals surface area contributed by atoms with Crippen molar-refractivity contribution < 1.29 is 4.74 Å². The minimum absolute atomic E-state index is 0.131. The summed E-state index contributed by atoms with van der Waals surface area (Å²) in [6.45, 7) is 0.131. The van der Waals surface area contributed by atoms with Gasteiger partial charge in [0.05, 0.1) is 5.69 Å². The quantitative estimate of drug-likeness (QED) is 0.477. The van der Waals surface area contributed by atoms with Crippen LogP contribution in [0.1, 0.15) is 0 Å². The summed E-state index contributed by atoms with van der Waals surface area (Å²) in [5.74, 6) is 2.84.